The summed E-state index contributed by atoms with van der Waals surface area (Å²) in [5.41, 5.74) is 3.46. The van der Waals surface area contributed by atoms with E-state index in [9.17, 15) is 9.59 Å². The lowest BCUT2D eigenvalue weighted by Crippen LogP contribution is -2.48. The lowest BCUT2D eigenvalue weighted by atomic mass is 10.0. The molecule has 1 unspecified atom stereocenters. The molecule has 32 heavy (non-hydrogen) atoms. The Morgan fingerprint density at radius 1 is 1.06 bits per heavy atom. The Balaban J connectivity index is 1.14. The van der Waals surface area contributed by atoms with Crippen LogP contribution in [0.3, 0.4) is 0 Å². The van der Waals surface area contributed by atoms with E-state index in [1.807, 2.05) is 48.2 Å². The fourth-order valence-corrected chi connectivity index (χ4v) is 4.14. The molecule has 0 spiro atoms. The fourth-order valence-electron chi connectivity index (χ4n) is 4.14. The zero-order chi connectivity index (χ0) is 22.1. The lowest BCUT2D eigenvalue weighted by molar-refractivity contribution is -0.135. The summed E-state index contributed by atoms with van der Waals surface area (Å²) in [6, 6.07) is 15.3. The molecule has 0 saturated carbocycles. The molecule has 1 atom stereocenters. The molecule has 8 heteroatoms. The highest BCUT2D eigenvalue weighted by molar-refractivity contribution is 5.94. The maximum absolute atomic E-state index is 12.8. The zero-order valence-corrected chi connectivity index (χ0v) is 17.9. The highest BCUT2D eigenvalue weighted by atomic mass is 16.5. The molecule has 164 valence electrons. The largest absolute Gasteiger partial charge is 0.453 e. The van der Waals surface area contributed by atoms with E-state index in [-0.39, 0.29) is 18.3 Å². The van der Waals surface area contributed by atoms with Gasteiger partial charge in [0.2, 0.25) is 17.6 Å². The molecule has 0 N–H and O–H groups in total. The van der Waals surface area contributed by atoms with Crippen LogP contribution in [0.15, 0.2) is 53.1 Å². The molecule has 5 rings (SSSR count). The maximum Gasteiger partial charge on any atom is 0.339 e. The molecule has 2 aromatic carbocycles. The van der Waals surface area contributed by atoms with Crippen LogP contribution in [-0.4, -0.2) is 58.0 Å². The number of rotatable bonds is 5. The van der Waals surface area contributed by atoms with Gasteiger partial charge in [-0.1, -0.05) is 53.2 Å². The second-order valence-electron chi connectivity index (χ2n) is 8.22. The third kappa shape index (κ3) is 4.13. The summed E-state index contributed by atoms with van der Waals surface area (Å²) in [5.74, 6) is 0.793. The van der Waals surface area contributed by atoms with Crippen LogP contribution in [0.2, 0.25) is 0 Å². The first kappa shape index (κ1) is 20.4. The Labute approximate surface area is 185 Å². The second kappa shape index (κ2) is 8.55. The molecule has 0 radical (unpaired) electrons. The molecule has 1 saturated heterocycles. The number of ether oxygens (including phenoxy) is 1. The summed E-state index contributed by atoms with van der Waals surface area (Å²) in [5, 5.41) is 4.09. The standard InChI is InChI=1S/C24H24N4O4/c1-16-6-8-17(9-7-16)23-25-21(32-26-23)15-27-10-12-28(13-11-27)22(29)14-20-18-4-2-3-5-19(18)24(30)31-20/h2-9,20H,10-15H2,1H3. The molecule has 1 amide bonds. The van der Waals surface area contributed by atoms with Crippen molar-refractivity contribution >= 4 is 11.9 Å². The molecular formula is C24H24N4O4. The smallest absolute Gasteiger partial charge is 0.339 e. The van der Waals surface area contributed by atoms with Gasteiger partial charge in [-0.2, -0.15) is 4.98 Å². The van der Waals surface area contributed by atoms with Crippen molar-refractivity contribution in [3.63, 3.8) is 0 Å². The number of aromatic nitrogens is 2. The highest BCUT2D eigenvalue weighted by Crippen LogP contribution is 2.33. The van der Waals surface area contributed by atoms with Gasteiger partial charge in [0.15, 0.2) is 0 Å². The van der Waals surface area contributed by atoms with E-state index in [2.05, 4.69) is 15.0 Å². The molecule has 0 aliphatic carbocycles. The molecule has 2 aliphatic rings. The minimum absolute atomic E-state index is 0.00130. The van der Waals surface area contributed by atoms with Gasteiger partial charge < -0.3 is 14.2 Å². The van der Waals surface area contributed by atoms with Crippen LogP contribution in [0.25, 0.3) is 11.4 Å². The number of aryl methyl sites for hydroxylation is 1. The number of benzene rings is 2. The van der Waals surface area contributed by atoms with Gasteiger partial charge in [-0.15, -0.1) is 0 Å². The van der Waals surface area contributed by atoms with Gasteiger partial charge in [0, 0.05) is 37.3 Å². The minimum Gasteiger partial charge on any atom is -0.453 e. The average molecular weight is 432 g/mol. The third-order valence-electron chi connectivity index (χ3n) is 6.00. The summed E-state index contributed by atoms with van der Waals surface area (Å²) in [6.07, 6.45) is -0.324. The summed E-state index contributed by atoms with van der Waals surface area (Å²) in [6.45, 7) is 5.24. The number of fused-ring (bicyclic) bond motifs is 1. The summed E-state index contributed by atoms with van der Waals surface area (Å²) >= 11 is 0. The van der Waals surface area contributed by atoms with Crippen LogP contribution in [0, 0.1) is 6.92 Å². The number of cyclic esters (lactones) is 1. The molecule has 2 aliphatic heterocycles. The second-order valence-corrected chi connectivity index (χ2v) is 8.22. The maximum atomic E-state index is 12.8. The van der Waals surface area contributed by atoms with Crippen molar-refractivity contribution in [1.82, 2.24) is 19.9 Å². The van der Waals surface area contributed by atoms with Crippen molar-refractivity contribution in [3.8, 4) is 11.4 Å². The Morgan fingerprint density at radius 3 is 2.59 bits per heavy atom. The van der Waals surface area contributed by atoms with Crippen LogP contribution >= 0.6 is 0 Å². The topological polar surface area (TPSA) is 88.8 Å². The van der Waals surface area contributed by atoms with Gasteiger partial charge in [-0.3, -0.25) is 9.69 Å². The lowest BCUT2D eigenvalue weighted by Gasteiger charge is -2.34. The van der Waals surface area contributed by atoms with Crippen molar-refractivity contribution in [2.45, 2.75) is 26.0 Å². The Kier molecular flexibility index (Phi) is 5.45. The average Bonchev–Trinajstić information content (AvgIpc) is 3.40. The number of amides is 1. The number of esters is 1. The van der Waals surface area contributed by atoms with Crippen LogP contribution in [0.5, 0.6) is 0 Å². The highest BCUT2D eigenvalue weighted by Gasteiger charge is 2.34. The van der Waals surface area contributed by atoms with E-state index < -0.39 is 6.10 Å². The van der Waals surface area contributed by atoms with E-state index in [4.69, 9.17) is 9.26 Å². The number of carbonyl (C=O) groups is 2. The zero-order valence-electron chi connectivity index (χ0n) is 17.9. The quantitative estimate of drug-likeness (QED) is 0.573. The number of carbonyl (C=O) groups excluding carboxylic acids is 2. The van der Waals surface area contributed by atoms with E-state index >= 15 is 0 Å². The first-order chi connectivity index (χ1) is 15.6. The SMILES string of the molecule is Cc1ccc(-c2noc(CN3CCN(C(=O)CC4OC(=O)c5ccccc54)CC3)n2)cc1. The Bertz CT molecular complexity index is 1130. The summed E-state index contributed by atoms with van der Waals surface area (Å²) in [7, 11) is 0. The normalized spacial score (nSPS) is 18.5. The van der Waals surface area contributed by atoms with E-state index in [0.29, 0.717) is 36.9 Å². The molecular weight excluding hydrogens is 408 g/mol. The molecule has 3 heterocycles. The van der Waals surface area contributed by atoms with Crippen molar-refractivity contribution in [1.29, 1.82) is 0 Å². The predicted octanol–water partition coefficient (Wildman–Crippen LogP) is 2.99. The van der Waals surface area contributed by atoms with Gasteiger partial charge in [0.1, 0.15) is 6.10 Å². The van der Waals surface area contributed by atoms with Gasteiger partial charge in [-0.25, -0.2) is 4.79 Å². The molecule has 3 aromatic rings. The monoisotopic (exact) mass is 432 g/mol. The van der Waals surface area contributed by atoms with Crippen LogP contribution in [0.1, 0.15) is 39.9 Å². The van der Waals surface area contributed by atoms with Crippen molar-refractivity contribution in [2.24, 2.45) is 0 Å². The minimum atomic E-state index is -0.497. The molecule has 8 nitrogen and oxygen atoms in total. The molecule has 0 bridgehead atoms. The number of piperazine rings is 1. The van der Waals surface area contributed by atoms with Crippen molar-refractivity contribution < 1.29 is 18.8 Å². The van der Waals surface area contributed by atoms with E-state index in [0.717, 1.165) is 24.2 Å². The van der Waals surface area contributed by atoms with Crippen LogP contribution in [-0.2, 0) is 16.1 Å². The van der Waals surface area contributed by atoms with Gasteiger partial charge in [0.05, 0.1) is 18.5 Å². The predicted molar refractivity (Wildman–Crippen MR) is 116 cm³/mol. The van der Waals surface area contributed by atoms with E-state index in [1.54, 1.807) is 12.1 Å². The van der Waals surface area contributed by atoms with Crippen molar-refractivity contribution in [3.05, 3.63) is 71.1 Å². The first-order valence-corrected chi connectivity index (χ1v) is 10.8. The summed E-state index contributed by atoms with van der Waals surface area (Å²) < 4.78 is 10.8. The number of hydrogen-bond acceptors (Lipinski definition) is 7. The molecule has 1 aromatic heterocycles. The van der Waals surface area contributed by atoms with Crippen LogP contribution in [0.4, 0.5) is 0 Å². The fraction of sp³-hybridized carbons (Fsp3) is 0.333. The Morgan fingerprint density at radius 2 is 1.81 bits per heavy atom. The molecule has 1 fully saturated rings. The summed E-state index contributed by atoms with van der Waals surface area (Å²) in [4.78, 5) is 33.3. The third-order valence-corrected chi connectivity index (χ3v) is 6.00. The first-order valence-electron chi connectivity index (χ1n) is 10.8. The van der Waals surface area contributed by atoms with Gasteiger partial charge in [-0.05, 0) is 13.0 Å². The Hall–Kier alpha value is -3.52. The number of nitrogens with zero attached hydrogens (tertiary/aromatic N) is 4. The van der Waals surface area contributed by atoms with Gasteiger partial charge >= 0.3 is 5.97 Å². The van der Waals surface area contributed by atoms with Gasteiger partial charge in [0.25, 0.3) is 0 Å². The van der Waals surface area contributed by atoms with Crippen LogP contribution < -0.4 is 0 Å². The van der Waals surface area contributed by atoms with E-state index in [1.165, 1.54) is 5.56 Å². The van der Waals surface area contributed by atoms with Crippen molar-refractivity contribution in [2.75, 3.05) is 26.2 Å². The number of hydrogen-bond donors (Lipinski definition) is 0.